The molecule has 1 aromatic heterocycles. The molecule has 0 aliphatic carbocycles. The molecule has 112 valence electrons. The number of nitrogens with zero attached hydrogens (tertiary/aromatic N) is 2. The van der Waals surface area contributed by atoms with Crippen molar-refractivity contribution in [3.8, 4) is 0 Å². The van der Waals surface area contributed by atoms with E-state index in [9.17, 15) is 4.79 Å². The van der Waals surface area contributed by atoms with Gasteiger partial charge < -0.3 is 15.6 Å². The van der Waals surface area contributed by atoms with Crippen LogP contribution < -0.4 is 11.1 Å². The summed E-state index contributed by atoms with van der Waals surface area (Å²) in [6, 6.07) is 4.93. The van der Waals surface area contributed by atoms with Crippen LogP contribution in [0.2, 0.25) is 5.02 Å². The second kappa shape index (κ2) is 7.08. The van der Waals surface area contributed by atoms with Gasteiger partial charge >= 0.3 is 0 Å². The summed E-state index contributed by atoms with van der Waals surface area (Å²) in [6.45, 7) is 2.51. The molecule has 7 heteroatoms. The van der Waals surface area contributed by atoms with Gasteiger partial charge in [-0.3, -0.25) is 4.79 Å². The van der Waals surface area contributed by atoms with Crippen LogP contribution in [0.5, 0.6) is 0 Å². The number of hydrogen-bond acceptors (Lipinski definition) is 5. The Kier molecular flexibility index (Phi) is 5.16. The van der Waals surface area contributed by atoms with Gasteiger partial charge in [0.05, 0.1) is 17.1 Å². The first-order valence-corrected chi connectivity index (χ1v) is 7.12. The van der Waals surface area contributed by atoms with Crippen molar-refractivity contribution >= 4 is 23.2 Å². The summed E-state index contributed by atoms with van der Waals surface area (Å²) < 4.78 is 5.14. The quantitative estimate of drug-likeness (QED) is 0.820. The zero-order chi connectivity index (χ0) is 15.2. The third kappa shape index (κ3) is 4.19. The molecule has 0 saturated carbocycles. The molecular weight excluding hydrogens is 292 g/mol. The third-order valence-corrected chi connectivity index (χ3v) is 3.26. The van der Waals surface area contributed by atoms with Crippen LogP contribution in [-0.4, -0.2) is 16.0 Å². The Labute approximate surface area is 127 Å². The molecule has 0 atom stereocenters. The van der Waals surface area contributed by atoms with Gasteiger partial charge in [-0.15, -0.1) is 0 Å². The van der Waals surface area contributed by atoms with Crippen molar-refractivity contribution in [1.29, 1.82) is 0 Å². The minimum Gasteiger partial charge on any atom is -0.376 e. The standard InChI is InChI=1S/C14H17ClN4O2/c1-2-3-4-12-18-13(21-19-12)8-17-9-5-6-10(14(16)20)11(15)7-9/h5-7,17H,2-4,8H2,1H3,(H2,16,20). The fourth-order valence-corrected chi connectivity index (χ4v) is 2.07. The Morgan fingerprint density at radius 1 is 1.48 bits per heavy atom. The average molecular weight is 309 g/mol. The van der Waals surface area contributed by atoms with Crippen molar-refractivity contribution in [3.05, 3.63) is 40.5 Å². The molecule has 0 aliphatic heterocycles. The number of aryl methyl sites for hydroxylation is 1. The maximum atomic E-state index is 11.1. The lowest BCUT2D eigenvalue weighted by Gasteiger charge is -2.05. The number of primary amides is 1. The van der Waals surface area contributed by atoms with Crippen molar-refractivity contribution < 1.29 is 9.32 Å². The van der Waals surface area contributed by atoms with E-state index in [0.29, 0.717) is 23.0 Å². The van der Waals surface area contributed by atoms with Gasteiger partial charge in [0.25, 0.3) is 0 Å². The monoisotopic (exact) mass is 308 g/mol. The van der Waals surface area contributed by atoms with Gasteiger partial charge in [0.15, 0.2) is 5.82 Å². The Morgan fingerprint density at radius 2 is 2.29 bits per heavy atom. The molecule has 0 radical (unpaired) electrons. The van der Waals surface area contributed by atoms with E-state index in [1.165, 1.54) is 0 Å². The lowest BCUT2D eigenvalue weighted by Crippen LogP contribution is -2.11. The molecule has 2 aromatic rings. The fraction of sp³-hybridized carbons (Fsp3) is 0.357. The summed E-state index contributed by atoms with van der Waals surface area (Å²) in [7, 11) is 0. The van der Waals surface area contributed by atoms with Crippen LogP contribution in [0.4, 0.5) is 5.69 Å². The number of halogens is 1. The zero-order valence-electron chi connectivity index (χ0n) is 11.7. The third-order valence-electron chi connectivity index (χ3n) is 2.94. The first-order valence-electron chi connectivity index (χ1n) is 6.75. The molecule has 1 heterocycles. The van der Waals surface area contributed by atoms with E-state index >= 15 is 0 Å². The van der Waals surface area contributed by atoms with Crippen molar-refractivity contribution in [1.82, 2.24) is 10.1 Å². The SMILES string of the molecule is CCCCc1noc(CNc2ccc(C(N)=O)c(Cl)c2)n1. The number of carbonyl (C=O) groups excluding carboxylic acids is 1. The van der Waals surface area contributed by atoms with Crippen LogP contribution in [0.1, 0.15) is 41.8 Å². The van der Waals surface area contributed by atoms with E-state index in [2.05, 4.69) is 22.4 Å². The highest BCUT2D eigenvalue weighted by molar-refractivity contribution is 6.34. The minimum absolute atomic E-state index is 0.293. The molecular formula is C14H17ClN4O2. The maximum absolute atomic E-state index is 11.1. The van der Waals surface area contributed by atoms with Gasteiger partial charge in [0.2, 0.25) is 11.8 Å². The summed E-state index contributed by atoms with van der Waals surface area (Å²) in [5.74, 6) is 0.677. The van der Waals surface area contributed by atoms with Crippen molar-refractivity contribution in [2.45, 2.75) is 32.7 Å². The highest BCUT2D eigenvalue weighted by Crippen LogP contribution is 2.21. The van der Waals surface area contributed by atoms with Gasteiger partial charge in [-0.1, -0.05) is 30.1 Å². The van der Waals surface area contributed by atoms with Crippen molar-refractivity contribution in [2.75, 3.05) is 5.32 Å². The number of unbranched alkanes of at least 4 members (excludes halogenated alkanes) is 1. The molecule has 2 rings (SSSR count). The summed E-state index contributed by atoms with van der Waals surface area (Å²) in [6.07, 6.45) is 2.95. The molecule has 0 fully saturated rings. The van der Waals surface area contributed by atoms with E-state index < -0.39 is 5.91 Å². The van der Waals surface area contributed by atoms with Gasteiger partial charge in [0.1, 0.15) is 0 Å². The van der Waals surface area contributed by atoms with Crippen LogP contribution in [0, 0.1) is 0 Å². The fourth-order valence-electron chi connectivity index (χ4n) is 1.80. The first-order chi connectivity index (χ1) is 10.1. The van der Waals surface area contributed by atoms with Crippen LogP contribution >= 0.6 is 11.6 Å². The lowest BCUT2D eigenvalue weighted by molar-refractivity contribution is 0.100. The average Bonchev–Trinajstić information content (AvgIpc) is 2.90. The molecule has 0 aliphatic rings. The topological polar surface area (TPSA) is 94.0 Å². The normalized spacial score (nSPS) is 10.6. The second-order valence-corrected chi connectivity index (χ2v) is 5.03. The van der Waals surface area contributed by atoms with Gasteiger partial charge in [-0.25, -0.2) is 0 Å². The number of hydrogen-bond donors (Lipinski definition) is 2. The summed E-state index contributed by atoms with van der Waals surface area (Å²) >= 11 is 5.98. The Balaban J connectivity index is 1.95. The van der Waals surface area contributed by atoms with Gasteiger partial charge in [0, 0.05) is 12.1 Å². The molecule has 21 heavy (non-hydrogen) atoms. The van der Waals surface area contributed by atoms with Crippen molar-refractivity contribution in [2.24, 2.45) is 5.73 Å². The molecule has 0 spiro atoms. The van der Waals surface area contributed by atoms with Crippen LogP contribution in [0.15, 0.2) is 22.7 Å². The number of carbonyl (C=O) groups is 1. The van der Waals surface area contributed by atoms with Gasteiger partial charge in [-0.05, 0) is 24.6 Å². The van der Waals surface area contributed by atoms with Crippen LogP contribution in [0.3, 0.4) is 0 Å². The number of anilines is 1. The van der Waals surface area contributed by atoms with E-state index in [0.717, 1.165) is 30.8 Å². The highest BCUT2D eigenvalue weighted by Gasteiger charge is 2.09. The summed E-state index contributed by atoms with van der Waals surface area (Å²) in [5.41, 5.74) is 6.24. The van der Waals surface area contributed by atoms with E-state index in [-0.39, 0.29) is 0 Å². The van der Waals surface area contributed by atoms with E-state index in [1.807, 2.05) is 0 Å². The molecule has 0 bridgehead atoms. The van der Waals surface area contributed by atoms with Crippen LogP contribution in [-0.2, 0) is 13.0 Å². The van der Waals surface area contributed by atoms with Crippen molar-refractivity contribution in [3.63, 3.8) is 0 Å². The largest absolute Gasteiger partial charge is 0.376 e. The number of nitrogens with one attached hydrogen (secondary N) is 1. The smallest absolute Gasteiger partial charge is 0.250 e. The van der Waals surface area contributed by atoms with E-state index in [1.54, 1.807) is 18.2 Å². The number of rotatable bonds is 7. The lowest BCUT2D eigenvalue weighted by atomic mass is 10.2. The highest BCUT2D eigenvalue weighted by atomic mass is 35.5. The summed E-state index contributed by atoms with van der Waals surface area (Å²) in [4.78, 5) is 15.4. The molecule has 0 saturated heterocycles. The molecule has 3 N–H and O–H groups in total. The molecule has 1 aromatic carbocycles. The van der Waals surface area contributed by atoms with Crippen LogP contribution in [0.25, 0.3) is 0 Å². The Hall–Kier alpha value is -2.08. The number of aromatic nitrogens is 2. The Morgan fingerprint density at radius 3 is 2.95 bits per heavy atom. The molecule has 0 unspecified atom stereocenters. The number of nitrogens with two attached hydrogens (primary N) is 1. The summed E-state index contributed by atoms with van der Waals surface area (Å²) in [5, 5.41) is 7.32. The maximum Gasteiger partial charge on any atom is 0.250 e. The Bertz CT molecular complexity index is 627. The molecule has 6 nitrogen and oxygen atoms in total. The van der Waals surface area contributed by atoms with E-state index in [4.69, 9.17) is 21.9 Å². The second-order valence-electron chi connectivity index (χ2n) is 4.62. The number of amides is 1. The zero-order valence-corrected chi connectivity index (χ0v) is 12.5. The molecule has 1 amide bonds. The van der Waals surface area contributed by atoms with Gasteiger partial charge in [-0.2, -0.15) is 4.98 Å². The predicted molar refractivity (Wildman–Crippen MR) is 80.2 cm³/mol. The minimum atomic E-state index is -0.552. The predicted octanol–water partition coefficient (Wildman–Crippen LogP) is 2.78. The first kappa shape index (κ1) is 15.3. The number of benzene rings is 1.